The zero-order valence-electron chi connectivity index (χ0n) is 12.6. The van der Waals surface area contributed by atoms with Gasteiger partial charge in [0.2, 0.25) is 0 Å². The van der Waals surface area contributed by atoms with Crippen molar-refractivity contribution in [2.45, 2.75) is 32.7 Å². The molecular formula is C17H20Br2FN. The van der Waals surface area contributed by atoms with Crippen molar-refractivity contribution < 1.29 is 4.39 Å². The fourth-order valence-electron chi connectivity index (χ4n) is 2.50. The van der Waals surface area contributed by atoms with Crippen molar-refractivity contribution in [2.24, 2.45) is 0 Å². The van der Waals surface area contributed by atoms with Gasteiger partial charge in [-0.05, 0) is 82.3 Å². The smallest absolute Gasteiger partial charge is 0.131 e. The highest BCUT2D eigenvalue weighted by molar-refractivity contribution is 9.28. The van der Waals surface area contributed by atoms with Gasteiger partial charge in [-0.1, -0.05) is 18.2 Å². The molecule has 0 saturated heterocycles. The van der Waals surface area contributed by atoms with Crippen LogP contribution in [0.2, 0.25) is 0 Å². The van der Waals surface area contributed by atoms with Crippen LogP contribution in [0.25, 0.3) is 11.6 Å². The van der Waals surface area contributed by atoms with E-state index in [4.69, 9.17) is 0 Å². The molecule has 0 radical (unpaired) electrons. The molecule has 0 unspecified atom stereocenters. The van der Waals surface area contributed by atoms with Crippen LogP contribution in [0.3, 0.4) is 0 Å². The van der Waals surface area contributed by atoms with Crippen molar-refractivity contribution in [3.8, 4) is 0 Å². The Hall–Kier alpha value is -0.450. The summed E-state index contributed by atoms with van der Waals surface area (Å²) in [5.74, 6) is -0.192. The summed E-state index contributed by atoms with van der Waals surface area (Å²) in [6, 6.07) is 5.45. The predicted octanol–water partition coefficient (Wildman–Crippen LogP) is 5.80. The third-order valence-corrected chi connectivity index (χ3v) is 4.25. The molecule has 0 amide bonds. The second-order valence-corrected chi connectivity index (χ2v) is 9.04. The largest absolute Gasteiger partial charge is 0.294 e. The molecule has 1 aliphatic heterocycles. The first-order chi connectivity index (χ1) is 9.77. The molecule has 21 heavy (non-hydrogen) atoms. The second kappa shape index (κ2) is 6.76. The van der Waals surface area contributed by atoms with Gasteiger partial charge in [-0.3, -0.25) is 4.90 Å². The van der Waals surface area contributed by atoms with Gasteiger partial charge < -0.3 is 0 Å². The molecule has 0 spiro atoms. The molecule has 0 atom stereocenters. The van der Waals surface area contributed by atoms with E-state index in [9.17, 15) is 4.39 Å². The van der Waals surface area contributed by atoms with Crippen molar-refractivity contribution in [2.75, 3.05) is 13.1 Å². The van der Waals surface area contributed by atoms with Gasteiger partial charge in [0.05, 0.1) is 3.39 Å². The molecule has 4 heteroatoms. The first kappa shape index (κ1) is 16.9. The summed E-state index contributed by atoms with van der Waals surface area (Å²) in [5.41, 5.74) is 2.99. The Balaban J connectivity index is 2.19. The van der Waals surface area contributed by atoms with Crippen molar-refractivity contribution in [3.05, 3.63) is 44.6 Å². The van der Waals surface area contributed by atoms with Crippen molar-refractivity contribution in [1.29, 1.82) is 0 Å². The summed E-state index contributed by atoms with van der Waals surface area (Å²) in [6.45, 7) is 8.63. The van der Waals surface area contributed by atoms with Crippen molar-refractivity contribution in [1.82, 2.24) is 4.90 Å². The summed E-state index contributed by atoms with van der Waals surface area (Å²) in [4.78, 5) is 2.44. The van der Waals surface area contributed by atoms with E-state index in [1.165, 1.54) is 5.57 Å². The van der Waals surface area contributed by atoms with E-state index in [2.05, 4.69) is 63.6 Å². The molecule has 0 aromatic heterocycles. The minimum Gasteiger partial charge on any atom is -0.294 e. The van der Waals surface area contributed by atoms with Crippen molar-refractivity contribution >= 4 is 43.5 Å². The minimum atomic E-state index is -0.192. The van der Waals surface area contributed by atoms with Crippen molar-refractivity contribution in [3.63, 3.8) is 0 Å². The number of nitrogens with zero attached hydrogens (tertiary/aromatic N) is 1. The molecule has 0 saturated carbocycles. The van der Waals surface area contributed by atoms with Crippen LogP contribution in [0.1, 0.15) is 38.3 Å². The van der Waals surface area contributed by atoms with Crippen LogP contribution in [0.5, 0.6) is 0 Å². The topological polar surface area (TPSA) is 3.24 Å². The van der Waals surface area contributed by atoms with Crippen LogP contribution >= 0.6 is 31.9 Å². The Kier molecular flexibility index (Phi) is 5.44. The second-order valence-electron chi connectivity index (χ2n) is 6.27. The highest BCUT2D eigenvalue weighted by atomic mass is 79.9. The molecule has 2 rings (SSSR count). The average molecular weight is 417 g/mol. The first-order valence-corrected chi connectivity index (χ1v) is 8.62. The molecule has 114 valence electrons. The van der Waals surface area contributed by atoms with E-state index < -0.39 is 0 Å². The molecule has 0 bridgehead atoms. The van der Waals surface area contributed by atoms with E-state index in [0.29, 0.717) is 5.56 Å². The number of rotatable bonds is 2. The third-order valence-electron chi connectivity index (χ3n) is 3.79. The van der Waals surface area contributed by atoms with Gasteiger partial charge in [0.15, 0.2) is 0 Å². The van der Waals surface area contributed by atoms with Gasteiger partial charge in [-0.15, -0.1) is 0 Å². The quantitative estimate of drug-likeness (QED) is 0.588. The van der Waals surface area contributed by atoms with Crippen LogP contribution in [0, 0.1) is 5.82 Å². The first-order valence-electron chi connectivity index (χ1n) is 7.04. The standard InChI is InChI=1S/C17H20Br2FN/c1-17(2,3)21-8-6-12(7-9-21)13-4-5-14(11-16(18)19)15(20)10-13/h4-6,10-11H,7-9H2,1-3H3. The summed E-state index contributed by atoms with van der Waals surface area (Å²) in [5, 5.41) is 0. The number of halogens is 3. The maximum atomic E-state index is 14.1. The Bertz CT molecular complexity index is 581. The molecular weight excluding hydrogens is 397 g/mol. The highest BCUT2D eigenvalue weighted by Crippen LogP contribution is 2.28. The molecule has 0 aliphatic carbocycles. The zero-order valence-corrected chi connectivity index (χ0v) is 15.8. The van der Waals surface area contributed by atoms with Gasteiger partial charge in [0.1, 0.15) is 5.82 Å². The van der Waals surface area contributed by atoms with E-state index >= 15 is 0 Å². The number of benzene rings is 1. The van der Waals surface area contributed by atoms with Crippen LogP contribution in [0.4, 0.5) is 4.39 Å². The maximum Gasteiger partial charge on any atom is 0.131 e. The highest BCUT2D eigenvalue weighted by Gasteiger charge is 2.23. The molecule has 0 N–H and O–H groups in total. The Morgan fingerprint density at radius 2 is 2.00 bits per heavy atom. The SMILES string of the molecule is CC(C)(C)N1CC=C(c2ccc(C=C(Br)Br)c(F)c2)CC1. The molecule has 1 aromatic rings. The minimum absolute atomic E-state index is 0.185. The molecule has 1 heterocycles. The molecule has 1 aromatic carbocycles. The third kappa shape index (κ3) is 4.51. The lowest BCUT2D eigenvalue weighted by Gasteiger charge is -2.37. The monoisotopic (exact) mass is 415 g/mol. The fraction of sp³-hybridized carbons (Fsp3) is 0.412. The molecule has 0 fully saturated rings. The molecule has 1 aliphatic rings. The lowest BCUT2D eigenvalue weighted by atomic mass is 9.95. The van der Waals surface area contributed by atoms with E-state index in [-0.39, 0.29) is 11.4 Å². The number of hydrogen-bond acceptors (Lipinski definition) is 1. The Labute approximate surface area is 143 Å². The van der Waals surface area contributed by atoms with Gasteiger partial charge >= 0.3 is 0 Å². The van der Waals surface area contributed by atoms with E-state index in [0.717, 1.165) is 28.5 Å². The van der Waals surface area contributed by atoms with Gasteiger partial charge in [0, 0.05) is 24.2 Å². The van der Waals surface area contributed by atoms with Crippen LogP contribution < -0.4 is 0 Å². The van der Waals surface area contributed by atoms with E-state index in [1.807, 2.05) is 12.1 Å². The van der Waals surface area contributed by atoms with Gasteiger partial charge in [-0.25, -0.2) is 4.39 Å². The number of hydrogen-bond donors (Lipinski definition) is 0. The van der Waals surface area contributed by atoms with Crippen LogP contribution in [0.15, 0.2) is 27.7 Å². The van der Waals surface area contributed by atoms with Gasteiger partial charge in [-0.2, -0.15) is 0 Å². The Morgan fingerprint density at radius 3 is 2.48 bits per heavy atom. The average Bonchev–Trinajstić information content (AvgIpc) is 2.40. The molecule has 1 nitrogen and oxygen atoms in total. The lowest BCUT2D eigenvalue weighted by molar-refractivity contribution is 0.153. The predicted molar refractivity (Wildman–Crippen MR) is 96.2 cm³/mol. The zero-order chi connectivity index (χ0) is 15.6. The summed E-state index contributed by atoms with van der Waals surface area (Å²) >= 11 is 6.52. The van der Waals surface area contributed by atoms with Crippen LogP contribution in [-0.4, -0.2) is 23.5 Å². The lowest BCUT2D eigenvalue weighted by Crippen LogP contribution is -2.43. The van der Waals surface area contributed by atoms with Gasteiger partial charge in [0.25, 0.3) is 0 Å². The van der Waals surface area contributed by atoms with E-state index in [1.54, 1.807) is 12.1 Å². The van der Waals surface area contributed by atoms with Crippen LogP contribution in [-0.2, 0) is 0 Å². The Morgan fingerprint density at radius 1 is 1.29 bits per heavy atom. The summed E-state index contributed by atoms with van der Waals surface area (Å²) in [7, 11) is 0. The summed E-state index contributed by atoms with van der Waals surface area (Å²) < 4.78 is 14.8. The maximum absolute atomic E-state index is 14.1. The normalized spacial score (nSPS) is 16.6. The fourth-order valence-corrected chi connectivity index (χ4v) is 3.00. The summed E-state index contributed by atoms with van der Waals surface area (Å²) in [6.07, 6.45) is 4.91.